The highest BCUT2D eigenvalue weighted by Gasteiger charge is 2.23. The lowest BCUT2D eigenvalue weighted by Gasteiger charge is -2.22. The van der Waals surface area contributed by atoms with E-state index in [-0.39, 0.29) is 0 Å². The van der Waals surface area contributed by atoms with Crippen molar-refractivity contribution in [3.05, 3.63) is 77.2 Å². The average Bonchev–Trinajstić information content (AvgIpc) is 3.41. The fourth-order valence-electron chi connectivity index (χ4n) is 4.71. The smallest absolute Gasteiger partial charge is 0.151 e. The first-order valence-corrected chi connectivity index (χ1v) is 11.8. The van der Waals surface area contributed by atoms with Gasteiger partial charge in [-0.05, 0) is 55.3 Å². The van der Waals surface area contributed by atoms with E-state index < -0.39 is 0 Å². The second-order valence-corrected chi connectivity index (χ2v) is 9.48. The third-order valence-corrected chi connectivity index (χ3v) is 7.35. The van der Waals surface area contributed by atoms with E-state index in [2.05, 4.69) is 63.9 Å². The summed E-state index contributed by atoms with van der Waals surface area (Å²) >= 11 is 1.76. The highest BCUT2D eigenvalue weighted by atomic mass is 32.1. The number of nitrogens with zero attached hydrogens (tertiary/aromatic N) is 4. The standard InChI is InChI=1S/C25H24N6S/c26-25-24-19(14-21(31(24)29-15-28-25)17-8-10-27-11-9-17)18-6-7-22-20(13-18)30-23(32-22)12-16-4-2-1-3-5-16/h1-7,13-15,17,27H,8-12H2,(H2,26,28,29). The monoisotopic (exact) mass is 440 g/mol. The molecule has 4 heterocycles. The zero-order valence-corrected chi connectivity index (χ0v) is 18.5. The molecule has 0 amide bonds. The highest BCUT2D eigenvalue weighted by molar-refractivity contribution is 7.18. The molecule has 160 valence electrons. The average molecular weight is 441 g/mol. The minimum Gasteiger partial charge on any atom is -0.382 e. The Morgan fingerprint density at radius 2 is 1.91 bits per heavy atom. The molecule has 5 aromatic rings. The Labute approximate surface area is 190 Å². The van der Waals surface area contributed by atoms with E-state index in [1.54, 1.807) is 17.7 Å². The Balaban J connectivity index is 1.43. The Bertz CT molecular complexity index is 1400. The van der Waals surface area contributed by atoms with Gasteiger partial charge in [0.15, 0.2) is 5.82 Å². The molecule has 6 rings (SSSR count). The van der Waals surface area contributed by atoms with Crippen molar-refractivity contribution in [2.75, 3.05) is 18.8 Å². The van der Waals surface area contributed by atoms with Crippen LogP contribution in [0.15, 0.2) is 60.9 Å². The fraction of sp³-hybridized carbons (Fsp3) is 0.240. The summed E-state index contributed by atoms with van der Waals surface area (Å²) in [5.41, 5.74) is 12.9. The van der Waals surface area contributed by atoms with Crippen LogP contribution in [0.2, 0.25) is 0 Å². The van der Waals surface area contributed by atoms with Crippen molar-refractivity contribution < 1.29 is 0 Å². The molecule has 0 spiro atoms. The Morgan fingerprint density at radius 3 is 2.75 bits per heavy atom. The molecule has 3 aromatic heterocycles. The van der Waals surface area contributed by atoms with E-state index in [0.29, 0.717) is 11.7 Å². The van der Waals surface area contributed by atoms with Crippen molar-refractivity contribution in [3.8, 4) is 11.1 Å². The summed E-state index contributed by atoms with van der Waals surface area (Å²) in [4.78, 5) is 9.22. The Morgan fingerprint density at radius 1 is 1.06 bits per heavy atom. The van der Waals surface area contributed by atoms with Gasteiger partial charge in [0.2, 0.25) is 0 Å². The van der Waals surface area contributed by atoms with Gasteiger partial charge >= 0.3 is 0 Å². The van der Waals surface area contributed by atoms with Crippen molar-refractivity contribution >= 4 is 32.9 Å². The summed E-state index contributed by atoms with van der Waals surface area (Å²) in [6.45, 7) is 2.06. The van der Waals surface area contributed by atoms with Gasteiger partial charge in [-0.2, -0.15) is 5.10 Å². The topological polar surface area (TPSA) is 81.1 Å². The van der Waals surface area contributed by atoms with Crippen LogP contribution in [0.5, 0.6) is 0 Å². The van der Waals surface area contributed by atoms with E-state index >= 15 is 0 Å². The predicted molar refractivity (Wildman–Crippen MR) is 130 cm³/mol. The van der Waals surface area contributed by atoms with Crippen LogP contribution in [-0.4, -0.2) is 32.7 Å². The molecule has 2 aromatic carbocycles. The van der Waals surface area contributed by atoms with Crippen molar-refractivity contribution in [1.29, 1.82) is 0 Å². The lowest BCUT2D eigenvalue weighted by molar-refractivity contribution is 0.448. The molecule has 7 heteroatoms. The van der Waals surface area contributed by atoms with Gasteiger partial charge < -0.3 is 11.1 Å². The van der Waals surface area contributed by atoms with Gasteiger partial charge in [-0.3, -0.25) is 0 Å². The number of thiazole rings is 1. The minimum absolute atomic E-state index is 0.465. The number of aromatic nitrogens is 4. The first-order valence-electron chi connectivity index (χ1n) is 11.0. The van der Waals surface area contributed by atoms with Crippen molar-refractivity contribution in [2.45, 2.75) is 25.2 Å². The molecule has 1 aliphatic heterocycles. The summed E-state index contributed by atoms with van der Waals surface area (Å²) in [6, 6.07) is 19.3. The summed E-state index contributed by atoms with van der Waals surface area (Å²) in [5.74, 6) is 0.977. The molecular formula is C25H24N6S. The maximum absolute atomic E-state index is 6.34. The van der Waals surface area contributed by atoms with Gasteiger partial charge in [0, 0.05) is 23.6 Å². The summed E-state index contributed by atoms with van der Waals surface area (Å²) < 4.78 is 3.20. The number of nitrogens with two attached hydrogens (primary N) is 1. The molecule has 0 unspecified atom stereocenters. The molecule has 0 atom stereocenters. The zero-order chi connectivity index (χ0) is 21.5. The fourth-order valence-corrected chi connectivity index (χ4v) is 5.69. The van der Waals surface area contributed by atoms with Crippen LogP contribution in [0.25, 0.3) is 26.9 Å². The first kappa shape index (κ1) is 19.4. The van der Waals surface area contributed by atoms with Gasteiger partial charge in [-0.25, -0.2) is 14.5 Å². The van der Waals surface area contributed by atoms with Gasteiger partial charge in [-0.1, -0.05) is 36.4 Å². The number of piperidine rings is 1. The molecule has 1 aliphatic rings. The summed E-state index contributed by atoms with van der Waals surface area (Å²) in [6.07, 6.45) is 4.61. The van der Waals surface area contributed by atoms with Crippen LogP contribution in [-0.2, 0) is 6.42 Å². The molecule has 1 saturated heterocycles. The van der Waals surface area contributed by atoms with E-state index in [9.17, 15) is 0 Å². The predicted octanol–water partition coefficient (Wildman–Crippen LogP) is 4.65. The molecule has 6 nitrogen and oxygen atoms in total. The van der Waals surface area contributed by atoms with Gasteiger partial charge in [0.05, 0.1) is 15.2 Å². The first-order chi connectivity index (χ1) is 15.8. The van der Waals surface area contributed by atoms with Crippen LogP contribution < -0.4 is 11.1 Å². The maximum Gasteiger partial charge on any atom is 0.151 e. The zero-order valence-electron chi connectivity index (χ0n) is 17.7. The normalized spacial score (nSPS) is 15.0. The van der Waals surface area contributed by atoms with Crippen LogP contribution in [0.3, 0.4) is 0 Å². The molecule has 0 bridgehead atoms. The van der Waals surface area contributed by atoms with Crippen LogP contribution in [0, 0.1) is 0 Å². The highest BCUT2D eigenvalue weighted by Crippen LogP contribution is 2.37. The molecule has 32 heavy (non-hydrogen) atoms. The van der Waals surface area contributed by atoms with Crippen LogP contribution in [0.4, 0.5) is 5.82 Å². The summed E-state index contributed by atoms with van der Waals surface area (Å²) in [5, 5.41) is 9.14. The van der Waals surface area contributed by atoms with Crippen molar-refractivity contribution in [1.82, 2.24) is 24.9 Å². The van der Waals surface area contributed by atoms with E-state index in [1.165, 1.54) is 16.0 Å². The Hall–Kier alpha value is -3.29. The number of nitrogen functional groups attached to an aromatic ring is 1. The number of nitrogens with one attached hydrogen (secondary N) is 1. The lowest BCUT2D eigenvalue weighted by atomic mass is 9.94. The van der Waals surface area contributed by atoms with E-state index in [4.69, 9.17) is 10.7 Å². The second-order valence-electron chi connectivity index (χ2n) is 8.37. The van der Waals surface area contributed by atoms with E-state index in [1.807, 2.05) is 10.6 Å². The second kappa shape index (κ2) is 8.00. The number of fused-ring (bicyclic) bond motifs is 2. The molecule has 0 radical (unpaired) electrons. The minimum atomic E-state index is 0.465. The molecule has 3 N–H and O–H groups in total. The maximum atomic E-state index is 6.34. The number of benzene rings is 2. The SMILES string of the molecule is Nc1ncnn2c(C3CCNCC3)cc(-c3ccc4sc(Cc5ccccc5)nc4c3)c12. The number of rotatable bonds is 4. The number of hydrogen-bond acceptors (Lipinski definition) is 6. The third kappa shape index (κ3) is 3.43. The molecular weight excluding hydrogens is 416 g/mol. The van der Waals surface area contributed by atoms with E-state index in [0.717, 1.165) is 59.5 Å². The third-order valence-electron chi connectivity index (χ3n) is 6.31. The van der Waals surface area contributed by atoms with Crippen molar-refractivity contribution in [3.63, 3.8) is 0 Å². The van der Waals surface area contributed by atoms with Gasteiger partial charge in [0.1, 0.15) is 11.8 Å². The Kier molecular flexibility index (Phi) is 4.85. The lowest BCUT2D eigenvalue weighted by Crippen LogP contribution is -2.27. The van der Waals surface area contributed by atoms with Gasteiger partial charge in [-0.15, -0.1) is 11.3 Å². The molecule has 0 saturated carbocycles. The van der Waals surface area contributed by atoms with Crippen molar-refractivity contribution in [2.24, 2.45) is 0 Å². The molecule has 0 aliphatic carbocycles. The van der Waals surface area contributed by atoms with Crippen LogP contribution >= 0.6 is 11.3 Å². The van der Waals surface area contributed by atoms with Crippen LogP contribution in [0.1, 0.15) is 35.0 Å². The number of hydrogen-bond donors (Lipinski definition) is 2. The quantitative estimate of drug-likeness (QED) is 0.425. The van der Waals surface area contributed by atoms with Gasteiger partial charge in [0.25, 0.3) is 0 Å². The molecule has 1 fully saturated rings. The largest absolute Gasteiger partial charge is 0.382 e. The number of anilines is 1. The summed E-state index contributed by atoms with van der Waals surface area (Å²) in [7, 11) is 0.